The highest BCUT2D eigenvalue weighted by molar-refractivity contribution is 6.11. The van der Waals surface area contributed by atoms with Crippen molar-refractivity contribution in [3.05, 3.63) is 126 Å². The van der Waals surface area contributed by atoms with Crippen LogP contribution in [0, 0.1) is 0 Å². The van der Waals surface area contributed by atoms with Crippen LogP contribution in [0.3, 0.4) is 0 Å². The van der Waals surface area contributed by atoms with Crippen molar-refractivity contribution in [2.75, 3.05) is 0 Å². The second kappa shape index (κ2) is 7.46. The number of hydrogen-bond acceptors (Lipinski definition) is 0. The minimum absolute atomic E-state index is 1.06. The maximum atomic E-state index is 2.39. The van der Waals surface area contributed by atoms with Gasteiger partial charge in [0.05, 0.1) is 11.0 Å². The van der Waals surface area contributed by atoms with E-state index in [9.17, 15) is 0 Å². The van der Waals surface area contributed by atoms with Crippen LogP contribution in [0.2, 0.25) is 0 Å². The van der Waals surface area contributed by atoms with Crippen molar-refractivity contribution >= 4 is 21.8 Å². The van der Waals surface area contributed by atoms with E-state index in [2.05, 4.69) is 121 Å². The van der Waals surface area contributed by atoms with E-state index in [1.807, 2.05) is 0 Å². The van der Waals surface area contributed by atoms with Crippen LogP contribution in [-0.4, -0.2) is 4.57 Å². The molecular weight excluding hydrogens is 410 g/mol. The molecule has 0 unspecified atom stereocenters. The normalized spacial score (nSPS) is 12.3. The topological polar surface area (TPSA) is 4.93 Å². The van der Waals surface area contributed by atoms with Gasteiger partial charge in [0.15, 0.2) is 0 Å². The van der Waals surface area contributed by atoms with E-state index < -0.39 is 0 Å². The maximum Gasteiger partial charge on any atom is 0.0541 e. The third-order valence-electron chi connectivity index (χ3n) is 7.27. The summed E-state index contributed by atoms with van der Waals surface area (Å²) in [6, 6.07) is 40.4. The lowest BCUT2D eigenvalue weighted by Crippen LogP contribution is -1.93. The van der Waals surface area contributed by atoms with Crippen molar-refractivity contribution in [1.29, 1.82) is 0 Å². The number of aryl methyl sites for hydroxylation is 1. The average molecular weight is 436 g/mol. The third kappa shape index (κ3) is 3.08. The van der Waals surface area contributed by atoms with Crippen LogP contribution in [0.25, 0.3) is 49.7 Å². The van der Waals surface area contributed by atoms with Gasteiger partial charge in [-0.3, -0.25) is 0 Å². The second-order valence-electron chi connectivity index (χ2n) is 9.35. The van der Waals surface area contributed by atoms with Gasteiger partial charge in [-0.15, -0.1) is 0 Å². The van der Waals surface area contributed by atoms with E-state index in [1.165, 1.54) is 66.4 Å². The molecule has 0 bridgehead atoms. The highest BCUT2D eigenvalue weighted by Crippen LogP contribution is 2.38. The molecule has 1 aliphatic rings. The Labute approximate surface area is 199 Å². The summed E-state index contributed by atoms with van der Waals surface area (Å²) in [6.45, 7) is 2.20. The zero-order valence-electron chi connectivity index (χ0n) is 19.3. The number of aromatic nitrogens is 1. The summed E-state index contributed by atoms with van der Waals surface area (Å²) in [7, 11) is 0. The van der Waals surface area contributed by atoms with Gasteiger partial charge in [0.25, 0.3) is 0 Å². The van der Waals surface area contributed by atoms with Crippen LogP contribution in [0.4, 0.5) is 0 Å². The molecule has 6 aromatic rings. The van der Waals surface area contributed by atoms with Crippen molar-refractivity contribution in [2.45, 2.75) is 19.8 Å². The Bertz CT molecular complexity index is 1690. The van der Waals surface area contributed by atoms with Gasteiger partial charge in [0.2, 0.25) is 0 Å². The molecule has 1 aliphatic carbocycles. The van der Waals surface area contributed by atoms with E-state index in [0.717, 1.165) is 12.8 Å². The van der Waals surface area contributed by atoms with Gasteiger partial charge in [-0.2, -0.15) is 0 Å². The molecule has 7 rings (SSSR count). The molecule has 0 saturated heterocycles. The van der Waals surface area contributed by atoms with Crippen molar-refractivity contribution < 1.29 is 0 Å². The first-order chi connectivity index (χ1) is 16.8. The standard InChI is InChI=1S/C33H25N/c1-2-22-8-10-23(11-9-22)26-14-16-32-30(20-26)31-21-27(24-12-13-25-19-28(25)18-24)15-17-33(31)34(32)29-6-4-3-5-7-29/h3-18,20-21H,2,19H2,1H3. The first kappa shape index (κ1) is 19.4. The summed E-state index contributed by atoms with van der Waals surface area (Å²) >= 11 is 0. The van der Waals surface area contributed by atoms with E-state index in [4.69, 9.17) is 0 Å². The predicted octanol–water partition coefficient (Wildman–Crippen LogP) is 8.58. The quantitative estimate of drug-likeness (QED) is 0.261. The molecule has 1 heteroatoms. The van der Waals surface area contributed by atoms with Crippen molar-refractivity contribution in [3.8, 4) is 27.9 Å². The zero-order chi connectivity index (χ0) is 22.6. The van der Waals surface area contributed by atoms with Gasteiger partial charge in [0.1, 0.15) is 0 Å². The first-order valence-electron chi connectivity index (χ1n) is 12.1. The summed E-state index contributed by atoms with van der Waals surface area (Å²) in [6.07, 6.45) is 2.21. The summed E-state index contributed by atoms with van der Waals surface area (Å²) in [5, 5.41) is 2.60. The molecule has 0 radical (unpaired) electrons. The van der Waals surface area contributed by atoms with E-state index in [0.29, 0.717) is 0 Å². The number of nitrogens with zero attached hydrogens (tertiary/aromatic N) is 1. The summed E-state index contributed by atoms with van der Waals surface area (Å²) in [5.41, 5.74) is 13.2. The van der Waals surface area contributed by atoms with Crippen molar-refractivity contribution in [2.24, 2.45) is 0 Å². The monoisotopic (exact) mass is 435 g/mol. The molecule has 1 aromatic heterocycles. The highest BCUT2D eigenvalue weighted by Gasteiger charge is 2.18. The predicted molar refractivity (Wildman–Crippen MR) is 144 cm³/mol. The summed E-state index contributed by atoms with van der Waals surface area (Å²) in [4.78, 5) is 0. The molecule has 0 aliphatic heterocycles. The fourth-order valence-electron chi connectivity index (χ4n) is 5.25. The average Bonchev–Trinajstić information content (AvgIpc) is 3.62. The van der Waals surface area contributed by atoms with Crippen molar-refractivity contribution in [3.63, 3.8) is 0 Å². The number of fused-ring (bicyclic) bond motifs is 4. The smallest absolute Gasteiger partial charge is 0.0541 e. The molecule has 0 fully saturated rings. The molecule has 0 spiro atoms. The van der Waals surface area contributed by atoms with Gasteiger partial charge in [-0.05, 0) is 88.2 Å². The van der Waals surface area contributed by atoms with Crippen LogP contribution >= 0.6 is 0 Å². The molecule has 162 valence electrons. The van der Waals surface area contributed by atoms with Gasteiger partial charge in [0, 0.05) is 16.5 Å². The molecule has 0 saturated carbocycles. The van der Waals surface area contributed by atoms with Crippen LogP contribution in [-0.2, 0) is 12.8 Å². The van der Waals surface area contributed by atoms with Crippen LogP contribution in [0.5, 0.6) is 0 Å². The Balaban J connectivity index is 1.48. The number of benzene rings is 5. The molecule has 0 N–H and O–H groups in total. The van der Waals surface area contributed by atoms with Gasteiger partial charge >= 0.3 is 0 Å². The Hall–Kier alpha value is -4.10. The number of rotatable bonds is 4. The Morgan fingerprint density at radius 1 is 0.559 bits per heavy atom. The van der Waals surface area contributed by atoms with Crippen LogP contribution < -0.4 is 0 Å². The molecule has 1 heterocycles. The number of hydrogen-bond donors (Lipinski definition) is 0. The fraction of sp³-hybridized carbons (Fsp3) is 0.0909. The largest absolute Gasteiger partial charge is 0.309 e. The molecule has 0 amide bonds. The SMILES string of the molecule is CCc1ccc(-c2ccc3c(c2)c2cc(-c4ccc5c(c4)C5)ccc2n3-c2ccccc2)cc1. The second-order valence-corrected chi connectivity index (χ2v) is 9.35. The minimum Gasteiger partial charge on any atom is -0.309 e. The third-order valence-corrected chi connectivity index (χ3v) is 7.27. The van der Waals surface area contributed by atoms with Gasteiger partial charge < -0.3 is 4.57 Å². The molecule has 1 nitrogen and oxygen atoms in total. The molecule has 34 heavy (non-hydrogen) atoms. The lowest BCUT2D eigenvalue weighted by atomic mass is 9.99. The van der Waals surface area contributed by atoms with E-state index in [1.54, 1.807) is 0 Å². The van der Waals surface area contributed by atoms with Crippen LogP contribution in [0.1, 0.15) is 23.6 Å². The zero-order valence-corrected chi connectivity index (χ0v) is 19.3. The Morgan fingerprint density at radius 3 is 1.79 bits per heavy atom. The highest BCUT2D eigenvalue weighted by atomic mass is 15.0. The molecule has 0 atom stereocenters. The lowest BCUT2D eigenvalue weighted by molar-refractivity contribution is 1.14. The van der Waals surface area contributed by atoms with Crippen molar-refractivity contribution in [1.82, 2.24) is 4.57 Å². The van der Waals surface area contributed by atoms with Gasteiger partial charge in [-0.1, -0.05) is 79.7 Å². The van der Waals surface area contributed by atoms with E-state index in [-0.39, 0.29) is 0 Å². The Kier molecular flexibility index (Phi) is 4.25. The lowest BCUT2D eigenvalue weighted by Gasteiger charge is -2.08. The maximum absolute atomic E-state index is 2.39. The first-order valence-corrected chi connectivity index (χ1v) is 12.1. The molecular formula is C33H25N. The van der Waals surface area contributed by atoms with E-state index >= 15 is 0 Å². The minimum atomic E-state index is 1.06. The fourth-order valence-corrected chi connectivity index (χ4v) is 5.25. The van der Waals surface area contributed by atoms with Crippen LogP contribution in [0.15, 0.2) is 109 Å². The summed E-state index contributed by atoms with van der Waals surface area (Å²) in [5.74, 6) is 0. The Morgan fingerprint density at radius 2 is 1.15 bits per heavy atom. The van der Waals surface area contributed by atoms with Gasteiger partial charge in [-0.25, -0.2) is 0 Å². The summed E-state index contributed by atoms with van der Waals surface area (Å²) < 4.78 is 2.39. The number of para-hydroxylation sites is 1. The molecule has 5 aromatic carbocycles.